The molecule has 0 N–H and O–H groups in total. The molecule has 2 atom stereocenters. The Labute approximate surface area is 124 Å². The van der Waals surface area contributed by atoms with Crippen LogP contribution >= 0.6 is 0 Å². The topological polar surface area (TPSA) is 37.4 Å². The zero-order valence-electron chi connectivity index (χ0n) is 14.2. The summed E-state index contributed by atoms with van der Waals surface area (Å²) in [5.74, 6) is 0.411. The minimum atomic E-state index is -0.119. The van der Waals surface area contributed by atoms with Gasteiger partial charge in [0.05, 0.1) is 6.54 Å². The van der Waals surface area contributed by atoms with E-state index in [1.54, 1.807) is 4.90 Å². The molecule has 1 aliphatic rings. The SMILES string of the molecule is CCCN1CC(=O)CC(C(C)(C)C)C(C(C)(C)C)C1=O. The largest absolute Gasteiger partial charge is 0.335 e. The first-order valence-electron chi connectivity index (χ1n) is 7.79. The van der Waals surface area contributed by atoms with Crippen LogP contribution in [-0.4, -0.2) is 29.7 Å². The maximum absolute atomic E-state index is 13.0. The molecule has 0 radical (unpaired) electrons. The summed E-state index contributed by atoms with van der Waals surface area (Å²) in [6, 6.07) is 0. The summed E-state index contributed by atoms with van der Waals surface area (Å²) in [5, 5.41) is 0. The first kappa shape index (κ1) is 17.2. The highest BCUT2D eigenvalue weighted by Gasteiger charge is 2.47. The summed E-state index contributed by atoms with van der Waals surface area (Å²) in [6.45, 7) is 15.8. The van der Waals surface area contributed by atoms with Crippen LogP contribution in [0.15, 0.2) is 0 Å². The predicted molar refractivity (Wildman–Crippen MR) is 82.4 cm³/mol. The maximum Gasteiger partial charge on any atom is 0.226 e. The average Bonchev–Trinajstić information content (AvgIpc) is 2.35. The smallest absolute Gasteiger partial charge is 0.226 e. The zero-order valence-corrected chi connectivity index (χ0v) is 14.2. The highest BCUT2D eigenvalue weighted by atomic mass is 16.2. The molecule has 0 spiro atoms. The third kappa shape index (κ3) is 3.83. The number of likely N-dealkylation sites (tertiary alicyclic amines) is 1. The third-order valence-corrected chi connectivity index (χ3v) is 4.33. The number of hydrogen-bond acceptors (Lipinski definition) is 2. The van der Waals surface area contributed by atoms with Gasteiger partial charge in [-0.2, -0.15) is 0 Å². The Morgan fingerprint density at radius 1 is 1.05 bits per heavy atom. The highest BCUT2D eigenvalue weighted by Crippen LogP contribution is 2.45. The van der Waals surface area contributed by atoms with Crippen LogP contribution in [0.5, 0.6) is 0 Å². The molecule has 1 heterocycles. The second-order valence-corrected chi connectivity index (χ2v) is 8.32. The Morgan fingerprint density at radius 2 is 1.60 bits per heavy atom. The zero-order chi connectivity index (χ0) is 15.7. The second kappa shape index (κ2) is 5.87. The summed E-state index contributed by atoms with van der Waals surface area (Å²) < 4.78 is 0. The monoisotopic (exact) mass is 281 g/mol. The molecule has 3 nitrogen and oxygen atoms in total. The Kier molecular flexibility index (Phi) is 5.04. The number of rotatable bonds is 2. The van der Waals surface area contributed by atoms with E-state index in [0.29, 0.717) is 19.5 Å². The van der Waals surface area contributed by atoms with Gasteiger partial charge in [-0.3, -0.25) is 9.59 Å². The Morgan fingerprint density at radius 3 is 2.00 bits per heavy atom. The van der Waals surface area contributed by atoms with Gasteiger partial charge in [0.1, 0.15) is 0 Å². The summed E-state index contributed by atoms with van der Waals surface area (Å²) in [5.41, 5.74) is -0.156. The van der Waals surface area contributed by atoms with Crippen molar-refractivity contribution in [3.8, 4) is 0 Å². The Balaban J connectivity index is 3.24. The van der Waals surface area contributed by atoms with Gasteiger partial charge in [-0.15, -0.1) is 0 Å². The Hall–Kier alpha value is -0.860. The van der Waals surface area contributed by atoms with Crippen LogP contribution in [0.25, 0.3) is 0 Å². The van der Waals surface area contributed by atoms with E-state index in [2.05, 4.69) is 48.5 Å². The minimum absolute atomic E-state index is 0.0362. The fraction of sp³-hybridized carbons (Fsp3) is 0.882. The summed E-state index contributed by atoms with van der Waals surface area (Å²) >= 11 is 0. The van der Waals surface area contributed by atoms with Gasteiger partial charge in [-0.1, -0.05) is 48.5 Å². The first-order chi connectivity index (χ1) is 8.98. The van der Waals surface area contributed by atoms with Crippen molar-refractivity contribution in [3.63, 3.8) is 0 Å². The summed E-state index contributed by atoms with van der Waals surface area (Å²) in [6.07, 6.45) is 1.42. The quantitative estimate of drug-likeness (QED) is 0.776. The Bertz CT molecular complexity index is 373. The third-order valence-electron chi connectivity index (χ3n) is 4.33. The number of Topliss-reactive ketones (excluding diaryl/α,β-unsaturated/α-hetero) is 1. The normalized spacial score (nSPS) is 25.9. The van der Waals surface area contributed by atoms with Gasteiger partial charge in [0.25, 0.3) is 0 Å². The second-order valence-electron chi connectivity index (χ2n) is 8.32. The lowest BCUT2D eigenvalue weighted by atomic mass is 9.63. The van der Waals surface area contributed by atoms with Crippen molar-refractivity contribution >= 4 is 11.7 Å². The lowest BCUT2D eigenvalue weighted by Crippen LogP contribution is -2.46. The van der Waals surface area contributed by atoms with E-state index in [0.717, 1.165) is 6.42 Å². The molecule has 0 aromatic rings. The van der Waals surface area contributed by atoms with Crippen molar-refractivity contribution in [3.05, 3.63) is 0 Å². The van der Waals surface area contributed by atoms with Crippen molar-refractivity contribution < 1.29 is 9.59 Å². The number of nitrogens with zero attached hydrogens (tertiary/aromatic N) is 1. The van der Waals surface area contributed by atoms with Crippen LogP contribution in [0.1, 0.15) is 61.3 Å². The lowest BCUT2D eigenvalue weighted by Gasteiger charge is -2.42. The molecule has 2 unspecified atom stereocenters. The molecule has 1 amide bonds. The fourth-order valence-electron chi connectivity index (χ4n) is 3.33. The van der Waals surface area contributed by atoms with Crippen LogP contribution in [0.2, 0.25) is 0 Å². The van der Waals surface area contributed by atoms with Crippen molar-refractivity contribution in [2.45, 2.75) is 61.3 Å². The van der Waals surface area contributed by atoms with Gasteiger partial charge in [0.2, 0.25) is 5.91 Å². The van der Waals surface area contributed by atoms with E-state index in [1.807, 2.05) is 0 Å². The van der Waals surface area contributed by atoms with E-state index >= 15 is 0 Å². The number of carbonyl (C=O) groups excluding carboxylic acids is 2. The summed E-state index contributed by atoms with van der Waals surface area (Å²) in [7, 11) is 0. The standard InChI is InChI=1S/C17H31NO2/c1-8-9-18-11-12(19)10-13(16(2,3)4)14(15(18)20)17(5,6)7/h13-14H,8-11H2,1-7H3. The molecule has 0 aromatic heterocycles. The molecule has 1 rings (SSSR count). The summed E-state index contributed by atoms with van der Waals surface area (Å²) in [4.78, 5) is 27.0. The fourth-order valence-corrected chi connectivity index (χ4v) is 3.33. The van der Waals surface area contributed by atoms with E-state index in [1.165, 1.54) is 0 Å². The van der Waals surface area contributed by atoms with Crippen LogP contribution in [0.4, 0.5) is 0 Å². The molecular weight excluding hydrogens is 250 g/mol. The first-order valence-corrected chi connectivity index (χ1v) is 7.79. The number of carbonyl (C=O) groups is 2. The van der Waals surface area contributed by atoms with Gasteiger partial charge >= 0.3 is 0 Å². The van der Waals surface area contributed by atoms with Gasteiger partial charge < -0.3 is 4.90 Å². The lowest BCUT2D eigenvalue weighted by molar-refractivity contribution is -0.142. The molecule has 0 bridgehead atoms. The molecular formula is C17H31NO2. The molecule has 0 saturated carbocycles. The van der Waals surface area contributed by atoms with E-state index in [9.17, 15) is 9.59 Å². The van der Waals surface area contributed by atoms with E-state index < -0.39 is 0 Å². The van der Waals surface area contributed by atoms with Crippen LogP contribution in [0, 0.1) is 22.7 Å². The van der Waals surface area contributed by atoms with E-state index in [4.69, 9.17) is 0 Å². The molecule has 0 aliphatic carbocycles. The molecule has 0 aromatic carbocycles. The van der Waals surface area contributed by atoms with Gasteiger partial charge in [0.15, 0.2) is 5.78 Å². The van der Waals surface area contributed by atoms with Crippen LogP contribution < -0.4 is 0 Å². The van der Waals surface area contributed by atoms with Crippen molar-refractivity contribution in [2.75, 3.05) is 13.1 Å². The van der Waals surface area contributed by atoms with Gasteiger partial charge in [-0.05, 0) is 23.2 Å². The van der Waals surface area contributed by atoms with Gasteiger partial charge in [0, 0.05) is 18.9 Å². The predicted octanol–water partition coefficient (Wildman–Crippen LogP) is 3.52. The molecule has 1 fully saturated rings. The van der Waals surface area contributed by atoms with Crippen molar-refractivity contribution in [1.82, 2.24) is 4.90 Å². The molecule has 3 heteroatoms. The molecule has 20 heavy (non-hydrogen) atoms. The number of hydrogen-bond donors (Lipinski definition) is 0. The number of ketones is 1. The molecule has 1 saturated heterocycles. The van der Waals surface area contributed by atoms with Crippen molar-refractivity contribution in [1.29, 1.82) is 0 Å². The van der Waals surface area contributed by atoms with Crippen LogP contribution in [-0.2, 0) is 9.59 Å². The highest BCUT2D eigenvalue weighted by molar-refractivity contribution is 5.90. The molecule has 116 valence electrons. The van der Waals surface area contributed by atoms with E-state index in [-0.39, 0.29) is 34.4 Å². The maximum atomic E-state index is 13.0. The molecule has 1 aliphatic heterocycles. The van der Waals surface area contributed by atoms with Gasteiger partial charge in [-0.25, -0.2) is 0 Å². The van der Waals surface area contributed by atoms with Crippen LogP contribution in [0.3, 0.4) is 0 Å². The average molecular weight is 281 g/mol. The minimum Gasteiger partial charge on any atom is -0.335 e. The van der Waals surface area contributed by atoms with Crippen molar-refractivity contribution in [2.24, 2.45) is 22.7 Å². The number of amides is 1.